The van der Waals surface area contributed by atoms with Gasteiger partial charge in [0.1, 0.15) is 18.3 Å². The first kappa shape index (κ1) is 14.7. The molecule has 0 saturated carbocycles. The number of carbonyl (C=O) groups excluding carboxylic acids is 2. The average Bonchev–Trinajstić information content (AvgIpc) is 3.04. The molecule has 7 heteroatoms. The molecule has 3 aliphatic rings. The van der Waals surface area contributed by atoms with Crippen LogP contribution < -0.4 is 0 Å². The molecular formula is C14H20O7. The average molecular weight is 300 g/mol. The van der Waals surface area contributed by atoms with Crippen molar-refractivity contribution in [1.82, 2.24) is 0 Å². The summed E-state index contributed by atoms with van der Waals surface area (Å²) in [6.07, 6.45) is -1.26. The molecule has 0 radical (unpaired) electrons. The molecule has 3 saturated heterocycles. The number of hydrogen-bond donors (Lipinski definition) is 0. The van der Waals surface area contributed by atoms with Crippen molar-refractivity contribution in [1.29, 1.82) is 0 Å². The van der Waals surface area contributed by atoms with E-state index in [1.807, 2.05) is 13.8 Å². The van der Waals surface area contributed by atoms with Gasteiger partial charge in [0.2, 0.25) is 0 Å². The van der Waals surface area contributed by atoms with E-state index in [0.717, 1.165) is 0 Å². The van der Waals surface area contributed by atoms with Gasteiger partial charge in [-0.1, -0.05) is 0 Å². The van der Waals surface area contributed by atoms with Gasteiger partial charge in [-0.15, -0.1) is 0 Å². The third-order valence-corrected chi connectivity index (χ3v) is 4.47. The Balaban J connectivity index is 1.86. The lowest BCUT2D eigenvalue weighted by molar-refractivity contribution is -0.181. The van der Waals surface area contributed by atoms with Crippen molar-refractivity contribution in [2.75, 3.05) is 14.2 Å². The zero-order valence-corrected chi connectivity index (χ0v) is 12.5. The molecule has 0 aromatic rings. The molecule has 0 aromatic carbocycles. The smallest absolute Gasteiger partial charge is 0.311 e. The molecule has 3 aliphatic heterocycles. The lowest BCUT2D eigenvalue weighted by atomic mass is 9.75. The van der Waals surface area contributed by atoms with Crippen LogP contribution >= 0.6 is 0 Å². The van der Waals surface area contributed by atoms with Gasteiger partial charge in [-0.25, -0.2) is 0 Å². The van der Waals surface area contributed by atoms with E-state index in [1.165, 1.54) is 14.2 Å². The van der Waals surface area contributed by atoms with Crippen LogP contribution in [0.3, 0.4) is 0 Å². The standard InChI is InChI=1S/C14H20O7/c1-14(2)20-11-9-6(5-7(15)17-3)8(13(16)18-4)10(19-9)12(11)21-14/h6,8-12H,5H2,1-4H3/t6-,8-,9+,10+,11+,12-/m0/s1. The fourth-order valence-corrected chi connectivity index (χ4v) is 3.71. The van der Waals surface area contributed by atoms with Gasteiger partial charge in [0.25, 0.3) is 0 Å². The Morgan fingerprint density at radius 1 is 1.00 bits per heavy atom. The first-order chi connectivity index (χ1) is 9.88. The molecule has 6 atom stereocenters. The molecular weight excluding hydrogens is 280 g/mol. The first-order valence-corrected chi connectivity index (χ1v) is 7.03. The zero-order valence-electron chi connectivity index (χ0n) is 12.5. The molecule has 0 unspecified atom stereocenters. The van der Waals surface area contributed by atoms with Crippen LogP contribution in [0.15, 0.2) is 0 Å². The van der Waals surface area contributed by atoms with Crippen molar-refractivity contribution in [3.05, 3.63) is 0 Å². The van der Waals surface area contributed by atoms with E-state index in [1.54, 1.807) is 0 Å². The Hall–Kier alpha value is -1.18. The summed E-state index contributed by atoms with van der Waals surface area (Å²) in [5.74, 6) is -2.31. The SMILES string of the molecule is COC(=O)C[C@@H]1[C@H]2O[C@@H]([C@@H]3OC(C)(C)O[C@@H]32)[C@H]1C(=O)OC. The monoisotopic (exact) mass is 300 g/mol. The molecule has 2 bridgehead atoms. The molecule has 0 amide bonds. The van der Waals surface area contributed by atoms with Crippen LogP contribution in [0.5, 0.6) is 0 Å². The minimum absolute atomic E-state index is 0.102. The molecule has 0 spiro atoms. The summed E-state index contributed by atoms with van der Waals surface area (Å²) in [4.78, 5) is 23.7. The van der Waals surface area contributed by atoms with Crippen molar-refractivity contribution in [2.45, 2.75) is 50.5 Å². The molecule has 3 rings (SSSR count). The van der Waals surface area contributed by atoms with Crippen molar-refractivity contribution in [3.8, 4) is 0 Å². The summed E-state index contributed by atoms with van der Waals surface area (Å²) >= 11 is 0. The molecule has 0 N–H and O–H groups in total. The fourth-order valence-electron chi connectivity index (χ4n) is 3.71. The Kier molecular flexibility index (Phi) is 3.46. The Morgan fingerprint density at radius 3 is 2.19 bits per heavy atom. The first-order valence-electron chi connectivity index (χ1n) is 7.03. The van der Waals surface area contributed by atoms with Gasteiger partial charge in [-0.05, 0) is 13.8 Å². The second-order valence-corrected chi connectivity index (χ2v) is 6.12. The Labute approximate surface area is 122 Å². The second-order valence-electron chi connectivity index (χ2n) is 6.12. The predicted octanol–water partition coefficient (Wildman–Crippen LogP) is 0.256. The highest BCUT2D eigenvalue weighted by atomic mass is 16.8. The van der Waals surface area contributed by atoms with E-state index in [0.29, 0.717) is 0 Å². The van der Waals surface area contributed by atoms with Gasteiger partial charge in [-0.2, -0.15) is 0 Å². The van der Waals surface area contributed by atoms with Crippen LogP contribution in [0.4, 0.5) is 0 Å². The van der Waals surface area contributed by atoms with Gasteiger partial charge < -0.3 is 23.7 Å². The highest BCUT2D eigenvalue weighted by Gasteiger charge is 2.67. The Bertz CT molecular complexity index is 460. The number of hydrogen-bond acceptors (Lipinski definition) is 7. The van der Waals surface area contributed by atoms with Crippen LogP contribution in [0.1, 0.15) is 20.3 Å². The fraction of sp³-hybridized carbons (Fsp3) is 0.857. The summed E-state index contributed by atoms with van der Waals surface area (Å²) in [6.45, 7) is 3.65. The highest BCUT2D eigenvalue weighted by molar-refractivity contribution is 5.77. The highest BCUT2D eigenvalue weighted by Crippen LogP contribution is 2.52. The van der Waals surface area contributed by atoms with Gasteiger partial charge in [0.05, 0.1) is 32.7 Å². The maximum Gasteiger partial charge on any atom is 0.311 e. The third-order valence-electron chi connectivity index (χ3n) is 4.47. The molecule has 21 heavy (non-hydrogen) atoms. The molecule has 7 nitrogen and oxygen atoms in total. The molecule has 0 aromatic heterocycles. The van der Waals surface area contributed by atoms with Crippen molar-refractivity contribution >= 4 is 11.9 Å². The molecule has 118 valence electrons. The van der Waals surface area contributed by atoms with Crippen molar-refractivity contribution < 1.29 is 33.3 Å². The van der Waals surface area contributed by atoms with Crippen LogP contribution in [0.25, 0.3) is 0 Å². The maximum atomic E-state index is 12.1. The molecule has 3 heterocycles. The van der Waals surface area contributed by atoms with E-state index in [4.69, 9.17) is 23.7 Å². The largest absolute Gasteiger partial charge is 0.469 e. The second kappa shape index (κ2) is 4.93. The molecule has 3 fully saturated rings. The van der Waals surface area contributed by atoms with E-state index in [2.05, 4.69) is 0 Å². The number of esters is 2. The van der Waals surface area contributed by atoms with Crippen LogP contribution in [0.2, 0.25) is 0 Å². The topological polar surface area (TPSA) is 80.3 Å². The maximum absolute atomic E-state index is 12.1. The van der Waals surface area contributed by atoms with Crippen molar-refractivity contribution in [2.24, 2.45) is 11.8 Å². The normalized spacial score (nSPS) is 42.7. The summed E-state index contributed by atoms with van der Waals surface area (Å²) in [7, 11) is 2.65. The van der Waals surface area contributed by atoms with Gasteiger partial charge in [0, 0.05) is 5.92 Å². The number of ether oxygens (including phenoxy) is 5. The van der Waals surface area contributed by atoms with Gasteiger partial charge >= 0.3 is 11.9 Å². The Morgan fingerprint density at radius 2 is 1.62 bits per heavy atom. The quantitative estimate of drug-likeness (QED) is 0.691. The minimum atomic E-state index is -0.712. The predicted molar refractivity (Wildman–Crippen MR) is 68.1 cm³/mol. The van der Waals surface area contributed by atoms with E-state index >= 15 is 0 Å². The number of rotatable bonds is 3. The minimum Gasteiger partial charge on any atom is -0.469 e. The molecule has 0 aliphatic carbocycles. The number of carbonyl (C=O) groups is 2. The van der Waals surface area contributed by atoms with E-state index < -0.39 is 17.8 Å². The van der Waals surface area contributed by atoms with Crippen LogP contribution in [-0.2, 0) is 33.3 Å². The van der Waals surface area contributed by atoms with Crippen LogP contribution in [0, 0.1) is 11.8 Å². The van der Waals surface area contributed by atoms with E-state index in [9.17, 15) is 9.59 Å². The lowest BCUT2D eigenvalue weighted by Crippen LogP contribution is -2.48. The summed E-state index contributed by atoms with van der Waals surface area (Å²) in [5, 5.41) is 0. The summed E-state index contributed by atoms with van der Waals surface area (Å²) in [6, 6.07) is 0. The summed E-state index contributed by atoms with van der Waals surface area (Å²) in [5.41, 5.74) is 0. The van der Waals surface area contributed by atoms with Gasteiger partial charge in [-0.3, -0.25) is 9.59 Å². The van der Waals surface area contributed by atoms with Gasteiger partial charge in [0.15, 0.2) is 5.79 Å². The third kappa shape index (κ3) is 2.23. The zero-order chi connectivity index (χ0) is 15.4. The summed E-state index contributed by atoms with van der Waals surface area (Å²) < 4.78 is 27.2. The number of methoxy groups -OCH3 is 2. The number of fused-ring (bicyclic) bond motifs is 5. The lowest BCUT2D eigenvalue weighted by Gasteiger charge is -2.30. The van der Waals surface area contributed by atoms with E-state index in [-0.39, 0.29) is 42.6 Å². The van der Waals surface area contributed by atoms with Crippen molar-refractivity contribution in [3.63, 3.8) is 0 Å². The van der Waals surface area contributed by atoms with Crippen LogP contribution in [-0.4, -0.2) is 56.4 Å².